The van der Waals surface area contributed by atoms with Gasteiger partial charge in [0, 0.05) is 12.6 Å². The minimum Gasteiger partial charge on any atom is -0.324 e. The first kappa shape index (κ1) is 12.2. The Labute approximate surface area is 101 Å². The second kappa shape index (κ2) is 4.18. The van der Waals surface area contributed by atoms with Crippen molar-refractivity contribution in [3.8, 4) is 17.5 Å². The lowest BCUT2D eigenvalue weighted by atomic mass is 10.1. The summed E-state index contributed by atoms with van der Waals surface area (Å²) in [6, 6.07) is 8.16. The number of imidazole rings is 1. The van der Waals surface area contributed by atoms with Crippen molar-refractivity contribution in [2.75, 3.05) is 0 Å². The van der Waals surface area contributed by atoms with E-state index in [-0.39, 0.29) is 5.82 Å². The lowest BCUT2D eigenvalue weighted by molar-refractivity contribution is -0.143. The van der Waals surface area contributed by atoms with Crippen molar-refractivity contribution in [3.05, 3.63) is 41.7 Å². The maximum Gasteiger partial charge on any atom is 0.433 e. The van der Waals surface area contributed by atoms with Gasteiger partial charge in [-0.2, -0.15) is 18.4 Å². The number of halogens is 3. The maximum atomic E-state index is 12.6. The third-order valence-corrected chi connectivity index (χ3v) is 2.55. The molecule has 0 bridgehead atoms. The van der Waals surface area contributed by atoms with E-state index in [0.29, 0.717) is 11.1 Å². The van der Waals surface area contributed by atoms with Gasteiger partial charge in [0.25, 0.3) is 0 Å². The van der Waals surface area contributed by atoms with Gasteiger partial charge in [0.15, 0.2) is 0 Å². The number of nitriles is 1. The summed E-state index contributed by atoms with van der Waals surface area (Å²) in [4.78, 5) is 3.77. The molecule has 0 aliphatic carbocycles. The van der Waals surface area contributed by atoms with E-state index < -0.39 is 11.9 Å². The lowest BCUT2D eigenvalue weighted by Gasteiger charge is -2.08. The van der Waals surface area contributed by atoms with Gasteiger partial charge in [0.2, 0.25) is 0 Å². The summed E-state index contributed by atoms with van der Waals surface area (Å²) >= 11 is 0. The van der Waals surface area contributed by atoms with Crippen molar-refractivity contribution in [3.63, 3.8) is 0 Å². The van der Waals surface area contributed by atoms with Crippen LogP contribution in [0.1, 0.15) is 11.3 Å². The van der Waals surface area contributed by atoms with Crippen LogP contribution < -0.4 is 0 Å². The second-order valence-electron chi connectivity index (χ2n) is 3.71. The van der Waals surface area contributed by atoms with Crippen molar-refractivity contribution in [2.24, 2.45) is 7.05 Å². The van der Waals surface area contributed by atoms with Crippen LogP contribution in [0.2, 0.25) is 0 Å². The molecule has 0 amide bonds. The summed E-state index contributed by atoms with van der Waals surface area (Å²) in [5, 5.41) is 8.64. The van der Waals surface area contributed by atoms with Crippen LogP contribution in [-0.2, 0) is 13.2 Å². The zero-order chi connectivity index (χ0) is 13.3. The van der Waals surface area contributed by atoms with Crippen molar-refractivity contribution in [2.45, 2.75) is 6.18 Å². The molecule has 0 spiro atoms. The van der Waals surface area contributed by atoms with Crippen LogP contribution in [0.5, 0.6) is 0 Å². The predicted molar refractivity (Wildman–Crippen MR) is 58.4 cm³/mol. The molecule has 1 heterocycles. The highest BCUT2D eigenvalue weighted by Crippen LogP contribution is 2.31. The number of rotatable bonds is 1. The molecule has 0 radical (unpaired) electrons. The van der Waals surface area contributed by atoms with E-state index in [1.165, 1.54) is 19.2 Å². The van der Waals surface area contributed by atoms with Gasteiger partial charge in [-0.3, -0.25) is 0 Å². The Hall–Kier alpha value is -2.29. The van der Waals surface area contributed by atoms with Crippen molar-refractivity contribution < 1.29 is 13.2 Å². The fraction of sp³-hybridized carbons (Fsp3) is 0.167. The first-order chi connectivity index (χ1) is 8.43. The maximum absolute atomic E-state index is 12.6. The molecule has 0 fully saturated rings. The van der Waals surface area contributed by atoms with Crippen LogP contribution in [0.25, 0.3) is 11.4 Å². The zero-order valence-electron chi connectivity index (χ0n) is 9.36. The fourth-order valence-corrected chi connectivity index (χ4v) is 1.63. The molecule has 3 nitrogen and oxygen atoms in total. The van der Waals surface area contributed by atoms with E-state index in [2.05, 4.69) is 4.98 Å². The van der Waals surface area contributed by atoms with Gasteiger partial charge in [0.05, 0.1) is 17.8 Å². The van der Waals surface area contributed by atoms with Gasteiger partial charge in [0.1, 0.15) is 11.5 Å². The summed E-state index contributed by atoms with van der Waals surface area (Å²) in [7, 11) is 1.31. The van der Waals surface area contributed by atoms with Crippen LogP contribution in [-0.4, -0.2) is 9.55 Å². The number of aromatic nitrogens is 2. The second-order valence-corrected chi connectivity index (χ2v) is 3.71. The van der Waals surface area contributed by atoms with Gasteiger partial charge in [-0.15, -0.1) is 0 Å². The summed E-state index contributed by atoms with van der Waals surface area (Å²) in [5.74, 6) is 0.215. The van der Waals surface area contributed by atoms with Crippen LogP contribution >= 0.6 is 0 Å². The zero-order valence-corrected chi connectivity index (χ0v) is 9.36. The molecule has 0 aliphatic heterocycles. The Morgan fingerprint density at radius 3 is 2.28 bits per heavy atom. The Balaban J connectivity index is 2.46. The van der Waals surface area contributed by atoms with E-state index in [0.717, 1.165) is 10.8 Å². The number of alkyl halides is 3. The van der Waals surface area contributed by atoms with Gasteiger partial charge in [-0.25, -0.2) is 4.98 Å². The topological polar surface area (TPSA) is 41.6 Å². The van der Waals surface area contributed by atoms with Crippen molar-refractivity contribution >= 4 is 0 Å². The quantitative estimate of drug-likeness (QED) is 0.781. The SMILES string of the molecule is Cn1c(C(F)(F)F)cnc1-c1ccc(C#N)cc1. The summed E-state index contributed by atoms with van der Waals surface area (Å²) < 4.78 is 38.8. The molecular weight excluding hydrogens is 243 g/mol. The van der Waals surface area contributed by atoms with Gasteiger partial charge >= 0.3 is 6.18 Å². The molecule has 0 saturated carbocycles. The normalized spacial score (nSPS) is 11.3. The van der Waals surface area contributed by atoms with Gasteiger partial charge < -0.3 is 4.57 Å². The molecular formula is C12H8F3N3. The number of hydrogen-bond acceptors (Lipinski definition) is 2. The number of hydrogen-bond donors (Lipinski definition) is 0. The Morgan fingerprint density at radius 2 is 1.83 bits per heavy atom. The Bertz CT molecular complexity index is 603. The fourth-order valence-electron chi connectivity index (χ4n) is 1.63. The molecule has 0 saturated heterocycles. The van der Waals surface area contributed by atoms with Crippen LogP contribution in [0.4, 0.5) is 13.2 Å². The molecule has 0 aliphatic rings. The average molecular weight is 251 g/mol. The molecule has 2 aromatic rings. The standard InChI is InChI=1S/C12H8F3N3/c1-18-10(12(13,14)15)7-17-11(18)9-4-2-8(6-16)3-5-9/h2-5,7H,1H3. The molecule has 1 aromatic carbocycles. The molecule has 2 rings (SSSR count). The lowest BCUT2D eigenvalue weighted by Crippen LogP contribution is -2.11. The summed E-state index contributed by atoms with van der Waals surface area (Å²) in [5.41, 5.74) is 0.179. The molecule has 0 atom stereocenters. The minimum absolute atomic E-state index is 0.215. The largest absolute Gasteiger partial charge is 0.433 e. The molecule has 6 heteroatoms. The molecule has 0 unspecified atom stereocenters. The van der Waals surface area contributed by atoms with E-state index in [9.17, 15) is 13.2 Å². The van der Waals surface area contributed by atoms with Crippen LogP contribution in [0.3, 0.4) is 0 Å². The van der Waals surface area contributed by atoms with Crippen LogP contribution in [0, 0.1) is 11.3 Å². The smallest absolute Gasteiger partial charge is 0.324 e. The van der Waals surface area contributed by atoms with E-state index in [1.807, 2.05) is 6.07 Å². The number of nitrogens with zero attached hydrogens (tertiary/aromatic N) is 3. The highest BCUT2D eigenvalue weighted by molar-refractivity contribution is 5.57. The van der Waals surface area contributed by atoms with E-state index in [4.69, 9.17) is 5.26 Å². The predicted octanol–water partition coefficient (Wildman–Crippen LogP) is 2.98. The van der Waals surface area contributed by atoms with Crippen LogP contribution in [0.15, 0.2) is 30.5 Å². The highest BCUT2D eigenvalue weighted by atomic mass is 19.4. The first-order valence-electron chi connectivity index (χ1n) is 5.03. The first-order valence-corrected chi connectivity index (χ1v) is 5.03. The molecule has 18 heavy (non-hydrogen) atoms. The highest BCUT2D eigenvalue weighted by Gasteiger charge is 2.35. The van der Waals surface area contributed by atoms with E-state index >= 15 is 0 Å². The molecule has 92 valence electrons. The molecule has 1 aromatic heterocycles. The summed E-state index contributed by atoms with van der Waals surface area (Å²) in [6.45, 7) is 0. The van der Waals surface area contributed by atoms with Crippen molar-refractivity contribution in [1.82, 2.24) is 9.55 Å². The van der Waals surface area contributed by atoms with Gasteiger partial charge in [-0.05, 0) is 24.3 Å². The Kier molecular flexibility index (Phi) is 2.83. The third-order valence-electron chi connectivity index (χ3n) is 2.55. The minimum atomic E-state index is -4.42. The average Bonchev–Trinajstić information content (AvgIpc) is 2.71. The van der Waals surface area contributed by atoms with E-state index in [1.54, 1.807) is 12.1 Å². The summed E-state index contributed by atoms with van der Waals surface area (Å²) in [6.07, 6.45) is -3.62. The third kappa shape index (κ3) is 2.07. The van der Waals surface area contributed by atoms with Gasteiger partial charge in [-0.1, -0.05) is 0 Å². The molecule has 0 N–H and O–H groups in total. The van der Waals surface area contributed by atoms with Crippen molar-refractivity contribution in [1.29, 1.82) is 5.26 Å². The monoisotopic (exact) mass is 251 g/mol. The number of benzene rings is 1. The Morgan fingerprint density at radius 1 is 1.22 bits per heavy atom.